The van der Waals surface area contributed by atoms with E-state index in [1.54, 1.807) is 0 Å². The van der Waals surface area contributed by atoms with Gasteiger partial charge in [0.1, 0.15) is 0 Å². The molecule has 0 amide bonds. The number of rotatable bonds is 0. The van der Waals surface area contributed by atoms with Crippen molar-refractivity contribution in [2.45, 2.75) is 37.6 Å². The number of hydrogen-bond donors (Lipinski definition) is 1. The first-order chi connectivity index (χ1) is 3.81. The maximum Gasteiger partial charge on any atom is 0.0186 e. The van der Waals surface area contributed by atoms with Crippen LogP contribution in [-0.4, -0.2) is 5.54 Å². The lowest BCUT2D eigenvalue weighted by molar-refractivity contribution is 0.428. The summed E-state index contributed by atoms with van der Waals surface area (Å²) in [6.45, 7) is 0. The Bertz CT molecular complexity index is 109. The molecular formula is C7H13N. The van der Waals surface area contributed by atoms with Crippen LogP contribution in [0.3, 0.4) is 0 Å². The largest absolute Gasteiger partial charge is 0.325 e. The quantitative estimate of drug-likeness (QED) is 0.500. The van der Waals surface area contributed by atoms with Gasteiger partial charge in [0, 0.05) is 5.54 Å². The maximum atomic E-state index is 5.95. The summed E-state index contributed by atoms with van der Waals surface area (Å²) < 4.78 is 0. The Morgan fingerprint density at radius 3 is 2.75 bits per heavy atom. The zero-order valence-electron chi connectivity index (χ0n) is 5.19. The first-order valence-electron chi connectivity index (χ1n) is 3.60. The van der Waals surface area contributed by atoms with Crippen LogP contribution in [0.5, 0.6) is 0 Å². The molecule has 2 N–H and O–H groups in total. The summed E-state index contributed by atoms with van der Waals surface area (Å²) >= 11 is 0. The minimum absolute atomic E-state index is 0.345. The lowest BCUT2D eigenvalue weighted by atomic mass is 9.96. The second kappa shape index (κ2) is 1.27. The van der Waals surface area contributed by atoms with Crippen molar-refractivity contribution in [3.63, 3.8) is 0 Å². The number of nitrogens with two attached hydrogens (primary N) is 1. The second-order valence-corrected chi connectivity index (χ2v) is 3.38. The molecule has 0 unspecified atom stereocenters. The summed E-state index contributed by atoms with van der Waals surface area (Å²) in [6.07, 6.45) is 6.86. The zero-order chi connectivity index (χ0) is 5.61. The van der Waals surface area contributed by atoms with Gasteiger partial charge in [-0.2, -0.15) is 0 Å². The Kier molecular flexibility index (Phi) is 0.762. The van der Waals surface area contributed by atoms with Gasteiger partial charge in [-0.3, -0.25) is 0 Å². The van der Waals surface area contributed by atoms with Gasteiger partial charge in [-0.15, -0.1) is 0 Å². The van der Waals surface area contributed by atoms with Gasteiger partial charge < -0.3 is 5.73 Å². The maximum absolute atomic E-state index is 5.95. The molecule has 0 saturated heterocycles. The molecule has 0 heterocycles. The molecule has 2 saturated carbocycles. The van der Waals surface area contributed by atoms with E-state index in [1.807, 2.05) is 0 Å². The van der Waals surface area contributed by atoms with E-state index in [4.69, 9.17) is 5.73 Å². The molecule has 0 aromatic carbocycles. The van der Waals surface area contributed by atoms with E-state index < -0.39 is 0 Å². The van der Waals surface area contributed by atoms with Crippen LogP contribution < -0.4 is 5.73 Å². The molecule has 0 aliphatic heterocycles. The van der Waals surface area contributed by atoms with Crippen LogP contribution in [0.15, 0.2) is 0 Å². The van der Waals surface area contributed by atoms with Crippen molar-refractivity contribution in [2.75, 3.05) is 0 Å². The van der Waals surface area contributed by atoms with Gasteiger partial charge in [0.25, 0.3) is 0 Å². The lowest BCUT2D eigenvalue weighted by Gasteiger charge is -2.15. The molecule has 0 aromatic heterocycles. The van der Waals surface area contributed by atoms with E-state index in [9.17, 15) is 0 Å². The minimum Gasteiger partial charge on any atom is -0.325 e. The molecule has 1 nitrogen and oxygen atoms in total. The van der Waals surface area contributed by atoms with Crippen LogP contribution in [0.1, 0.15) is 32.1 Å². The molecule has 0 radical (unpaired) electrons. The summed E-state index contributed by atoms with van der Waals surface area (Å²) in [6, 6.07) is 0. The van der Waals surface area contributed by atoms with E-state index in [2.05, 4.69) is 0 Å². The fourth-order valence-corrected chi connectivity index (χ4v) is 1.94. The van der Waals surface area contributed by atoms with Crippen molar-refractivity contribution in [1.82, 2.24) is 0 Å². The van der Waals surface area contributed by atoms with Crippen molar-refractivity contribution in [2.24, 2.45) is 11.7 Å². The molecule has 2 fully saturated rings. The van der Waals surface area contributed by atoms with Crippen molar-refractivity contribution < 1.29 is 0 Å². The molecule has 0 spiro atoms. The van der Waals surface area contributed by atoms with Gasteiger partial charge in [-0.05, 0) is 25.2 Å². The van der Waals surface area contributed by atoms with Crippen molar-refractivity contribution in [3.8, 4) is 0 Å². The fourth-order valence-electron chi connectivity index (χ4n) is 1.94. The molecule has 2 aliphatic carbocycles. The summed E-state index contributed by atoms with van der Waals surface area (Å²) in [5.74, 6) is 0.927. The Morgan fingerprint density at radius 1 is 1.38 bits per heavy atom. The summed E-state index contributed by atoms with van der Waals surface area (Å²) in [4.78, 5) is 0. The third-order valence-electron chi connectivity index (χ3n) is 2.72. The highest BCUT2D eigenvalue weighted by molar-refractivity contribution is 5.09. The molecule has 8 heavy (non-hydrogen) atoms. The fraction of sp³-hybridized carbons (Fsp3) is 1.00. The second-order valence-electron chi connectivity index (χ2n) is 3.38. The molecule has 1 heteroatoms. The average Bonchev–Trinajstić information content (AvgIpc) is 2.39. The van der Waals surface area contributed by atoms with Crippen LogP contribution in [0.4, 0.5) is 0 Å². The monoisotopic (exact) mass is 111 g/mol. The highest BCUT2D eigenvalue weighted by atomic mass is 14.9. The molecule has 0 aromatic rings. The molecule has 2 aliphatic rings. The molecule has 0 bridgehead atoms. The van der Waals surface area contributed by atoms with E-state index >= 15 is 0 Å². The van der Waals surface area contributed by atoms with Crippen LogP contribution >= 0.6 is 0 Å². The van der Waals surface area contributed by atoms with E-state index in [0.717, 1.165) is 5.92 Å². The Hall–Kier alpha value is -0.0400. The van der Waals surface area contributed by atoms with Crippen molar-refractivity contribution in [3.05, 3.63) is 0 Å². The predicted octanol–water partition coefficient (Wildman–Crippen LogP) is 1.28. The topological polar surface area (TPSA) is 26.0 Å². The zero-order valence-corrected chi connectivity index (χ0v) is 5.19. The van der Waals surface area contributed by atoms with Crippen molar-refractivity contribution >= 4 is 0 Å². The van der Waals surface area contributed by atoms with Crippen LogP contribution in [0.2, 0.25) is 0 Å². The van der Waals surface area contributed by atoms with Gasteiger partial charge >= 0.3 is 0 Å². The lowest BCUT2D eigenvalue weighted by Crippen LogP contribution is -2.26. The van der Waals surface area contributed by atoms with Gasteiger partial charge in [0.05, 0.1) is 0 Å². The summed E-state index contributed by atoms with van der Waals surface area (Å²) in [7, 11) is 0. The van der Waals surface area contributed by atoms with Crippen molar-refractivity contribution in [1.29, 1.82) is 0 Å². The standard InChI is InChI=1S/C7H13N/c8-7-4-2-1-3-6(7)5-7/h6H,1-5,8H2/t6-,7+/m1/s1. The predicted molar refractivity (Wildman–Crippen MR) is 33.5 cm³/mol. The first kappa shape index (κ1) is 4.80. The third kappa shape index (κ3) is 0.510. The van der Waals surface area contributed by atoms with Gasteiger partial charge in [-0.1, -0.05) is 12.8 Å². The Balaban J connectivity index is 2.04. The van der Waals surface area contributed by atoms with Gasteiger partial charge in [-0.25, -0.2) is 0 Å². The van der Waals surface area contributed by atoms with E-state index in [0.29, 0.717) is 5.54 Å². The Labute approximate surface area is 50.3 Å². The minimum atomic E-state index is 0.345. The third-order valence-corrected chi connectivity index (χ3v) is 2.72. The smallest absolute Gasteiger partial charge is 0.0186 e. The normalized spacial score (nSPS) is 52.9. The van der Waals surface area contributed by atoms with E-state index in [-0.39, 0.29) is 0 Å². The van der Waals surface area contributed by atoms with Crippen LogP contribution in [0.25, 0.3) is 0 Å². The van der Waals surface area contributed by atoms with Crippen LogP contribution in [-0.2, 0) is 0 Å². The summed E-state index contributed by atoms with van der Waals surface area (Å²) in [5.41, 5.74) is 6.30. The number of fused-ring (bicyclic) bond motifs is 1. The highest BCUT2D eigenvalue weighted by Gasteiger charge is 2.51. The van der Waals surface area contributed by atoms with Gasteiger partial charge in [0.2, 0.25) is 0 Å². The van der Waals surface area contributed by atoms with Gasteiger partial charge in [0.15, 0.2) is 0 Å². The van der Waals surface area contributed by atoms with E-state index in [1.165, 1.54) is 32.1 Å². The highest BCUT2D eigenvalue weighted by Crippen LogP contribution is 2.51. The average molecular weight is 111 g/mol. The number of hydrogen-bond acceptors (Lipinski definition) is 1. The molecular weight excluding hydrogens is 98.1 g/mol. The molecule has 2 rings (SSSR count). The van der Waals surface area contributed by atoms with Crippen LogP contribution in [0, 0.1) is 5.92 Å². The SMILES string of the molecule is N[C@]12CCCC[C@@H]1C2. The molecule has 2 atom stereocenters. The summed E-state index contributed by atoms with van der Waals surface area (Å²) in [5, 5.41) is 0. The Morgan fingerprint density at radius 2 is 2.25 bits per heavy atom. The first-order valence-corrected chi connectivity index (χ1v) is 3.60. The molecule has 46 valence electrons.